The molecule has 5 nitrogen and oxygen atoms in total. The molecule has 0 bridgehead atoms. The van der Waals surface area contributed by atoms with Crippen molar-refractivity contribution in [2.45, 2.75) is 46.5 Å². The molecule has 0 aliphatic heterocycles. The maximum atomic E-state index is 13.2. The van der Waals surface area contributed by atoms with E-state index in [1.807, 2.05) is 6.92 Å². The Hall–Kier alpha value is -2.11. The molecule has 6 heteroatoms. The van der Waals surface area contributed by atoms with Gasteiger partial charge in [-0.2, -0.15) is 0 Å². The second-order valence-electron chi connectivity index (χ2n) is 5.46. The van der Waals surface area contributed by atoms with Crippen molar-refractivity contribution in [2.75, 3.05) is 13.7 Å². The van der Waals surface area contributed by atoms with Crippen molar-refractivity contribution in [2.24, 2.45) is 5.41 Å². The number of ether oxygens (including phenoxy) is 3. The van der Waals surface area contributed by atoms with Crippen LogP contribution in [0, 0.1) is 11.2 Å². The van der Waals surface area contributed by atoms with E-state index < -0.39 is 23.2 Å². The van der Waals surface area contributed by atoms with E-state index >= 15 is 0 Å². The van der Waals surface area contributed by atoms with Crippen LogP contribution in [0.2, 0.25) is 0 Å². The number of hydrogen-bond donors (Lipinski definition) is 0. The van der Waals surface area contributed by atoms with Crippen molar-refractivity contribution in [1.82, 2.24) is 0 Å². The Morgan fingerprint density at radius 1 is 1.08 bits per heavy atom. The van der Waals surface area contributed by atoms with Crippen LogP contribution in [0.3, 0.4) is 0 Å². The summed E-state index contributed by atoms with van der Waals surface area (Å²) in [6.07, 6.45) is 2.11. The first-order valence-electron chi connectivity index (χ1n) is 8.18. The molecule has 0 N–H and O–H groups in total. The van der Waals surface area contributed by atoms with Crippen molar-refractivity contribution >= 4 is 11.9 Å². The van der Waals surface area contributed by atoms with Gasteiger partial charge in [-0.15, -0.1) is 0 Å². The van der Waals surface area contributed by atoms with Crippen molar-refractivity contribution in [1.29, 1.82) is 0 Å². The van der Waals surface area contributed by atoms with Gasteiger partial charge in [-0.05, 0) is 31.4 Å². The number of carbonyl (C=O) groups is 2. The fraction of sp³-hybridized carbons (Fsp3) is 0.556. The van der Waals surface area contributed by atoms with Crippen LogP contribution in [-0.2, 0) is 14.3 Å². The minimum Gasteiger partial charge on any atom is -0.493 e. The van der Waals surface area contributed by atoms with Crippen LogP contribution in [0.4, 0.5) is 4.39 Å². The van der Waals surface area contributed by atoms with Gasteiger partial charge in [-0.1, -0.05) is 27.2 Å². The molecular weight excluding hydrogens is 315 g/mol. The molecule has 1 aromatic rings. The summed E-state index contributed by atoms with van der Waals surface area (Å²) < 4.78 is 28.8. The molecule has 0 aliphatic carbocycles. The molecule has 134 valence electrons. The van der Waals surface area contributed by atoms with E-state index in [1.165, 1.54) is 13.2 Å². The van der Waals surface area contributed by atoms with E-state index in [4.69, 9.17) is 14.2 Å². The van der Waals surface area contributed by atoms with Gasteiger partial charge in [-0.3, -0.25) is 9.59 Å². The molecule has 0 spiro atoms. The third kappa shape index (κ3) is 4.46. The lowest BCUT2D eigenvalue weighted by Gasteiger charge is -2.27. The predicted octanol–water partition coefficient (Wildman–Crippen LogP) is 3.89. The van der Waals surface area contributed by atoms with Crippen LogP contribution in [0.15, 0.2) is 18.2 Å². The lowest BCUT2D eigenvalue weighted by molar-refractivity contribution is -0.168. The first-order valence-corrected chi connectivity index (χ1v) is 8.18. The normalized spacial score (nSPS) is 11.0. The second-order valence-corrected chi connectivity index (χ2v) is 5.46. The molecule has 0 atom stereocenters. The Balaban J connectivity index is 3.00. The first kappa shape index (κ1) is 19.9. The fourth-order valence-electron chi connectivity index (χ4n) is 2.28. The highest BCUT2D eigenvalue weighted by molar-refractivity contribution is 6.00. The van der Waals surface area contributed by atoms with Gasteiger partial charge in [0.15, 0.2) is 16.9 Å². The summed E-state index contributed by atoms with van der Waals surface area (Å²) in [7, 11) is 1.35. The Morgan fingerprint density at radius 3 is 2.29 bits per heavy atom. The maximum absolute atomic E-state index is 13.2. The zero-order chi connectivity index (χ0) is 18.2. The molecule has 1 rings (SSSR count). The van der Waals surface area contributed by atoms with Gasteiger partial charge < -0.3 is 14.2 Å². The average Bonchev–Trinajstić information content (AvgIpc) is 2.58. The summed E-state index contributed by atoms with van der Waals surface area (Å²) in [6.45, 7) is 5.71. The number of benzene rings is 1. The average molecular weight is 340 g/mol. The van der Waals surface area contributed by atoms with Gasteiger partial charge in [0.05, 0.1) is 13.7 Å². The Morgan fingerprint density at radius 2 is 1.75 bits per heavy atom. The molecule has 0 aromatic heterocycles. The van der Waals surface area contributed by atoms with Crippen LogP contribution < -0.4 is 9.47 Å². The number of rotatable bonds is 9. The second kappa shape index (κ2) is 9.25. The van der Waals surface area contributed by atoms with E-state index in [0.29, 0.717) is 0 Å². The van der Waals surface area contributed by atoms with Crippen LogP contribution in [0.25, 0.3) is 0 Å². The minimum atomic E-state index is -1.38. The Labute approximate surface area is 142 Å². The molecule has 0 heterocycles. The highest BCUT2D eigenvalue weighted by atomic mass is 19.1. The summed E-state index contributed by atoms with van der Waals surface area (Å²) >= 11 is 0. The van der Waals surface area contributed by atoms with Crippen molar-refractivity contribution in [3.8, 4) is 11.5 Å². The van der Waals surface area contributed by atoms with E-state index in [9.17, 15) is 14.0 Å². The third-order valence-corrected chi connectivity index (χ3v) is 4.05. The van der Waals surface area contributed by atoms with Gasteiger partial charge in [0.2, 0.25) is 0 Å². The summed E-state index contributed by atoms with van der Waals surface area (Å²) in [6, 6.07) is 3.57. The zero-order valence-electron chi connectivity index (χ0n) is 14.7. The summed E-state index contributed by atoms with van der Waals surface area (Å²) in [5, 5.41) is 0. The minimum absolute atomic E-state index is 0.0662. The van der Waals surface area contributed by atoms with Crippen LogP contribution in [0.1, 0.15) is 46.5 Å². The summed E-state index contributed by atoms with van der Waals surface area (Å²) in [4.78, 5) is 25.1. The molecule has 0 radical (unpaired) electrons. The number of halogens is 1. The molecule has 24 heavy (non-hydrogen) atoms. The van der Waals surface area contributed by atoms with E-state index in [2.05, 4.69) is 0 Å². The number of hydrogen-bond acceptors (Lipinski definition) is 5. The molecular formula is C18H25FO5. The lowest BCUT2D eigenvalue weighted by Crippen LogP contribution is -2.42. The van der Waals surface area contributed by atoms with E-state index in [-0.39, 0.29) is 30.9 Å². The van der Waals surface area contributed by atoms with E-state index in [1.54, 1.807) is 13.8 Å². The number of carbonyl (C=O) groups excluding carboxylic acids is 2. The summed E-state index contributed by atoms with van der Waals surface area (Å²) in [5.41, 5.74) is -1.38. The number of methoxy groups -OCH3 is 1. The van der Waals surface area contributed by atoms with Crippen LogP contribution in [0.5, 0.6) is 11.5 Å². The highest BCUT2D eigenvalue weighted by Crippen LogP contribution is 2.34. The van der Waals surface area contributed by atoms with Crippen molar-refractivity contribution < 1.29 is 28.2 Å². The van der Waals surface area contributed by atoms with Crippen molar-refractivity contribution in [3.63, 3.8) is 0 Å². The highest BCUT2D eigenvalue weighted by Gasteiger charge is 2.46. The molecule has 0 fully saturated rings. The maximum Gasteiger partial charge on any atom is 0.328 e. The van der Waals surface area contributed by atoms with Crippen LogP contribution in [-0.4, -0.2) is 25.7 Å². The third-order valence-electron chi connectivity index (χ3n) is 4.05. The van der Waals surface area contributed by atoms with E-state index in [0.717, 1.165) is 25.0 Å². The first-order chi connectivity index (χ1) is 11.4. The lowest BCUT2D eigenvalue weighted by atomic mass is 9.82. The quantitative estimate of drug-likeness (QED) is 0.295. The molecule has 0 aliphatic rings. The van der Waals surface area contributed by atoms with Crippen molar-refractivity contribution in [3.05, 3.63) is 24.0 Å². The van der Waals surface area contributed by atoms with Gasteiger partial charge >= 0.3 is 11.9 Å². The Bertz CT molecular complexity index is 567. The molecule has 0 saturated heterocycles. The molecule has 0 amide bonds. The number of unbranched alkanes of at least 4 members (excludes halogenated alkanes) is 1. The standard InChI is InChI=1S/C18H25FO5/c1-5-8-11-23-16(20)18(6-2,7-3)17(21)24-14-10-9-13(19)12-15(14)22-4/h9-10,12H,5-8,11H2,1-4H3. The molecule has 0 unspecified atom stereocenters. The predicted molar refractivity (Wildman–Crippen MR) is 87.5 cm³/mol. The monoisotopic (exact) mass is 340 g/mol. The van der Waals surface area contributed by atoms with Gasteiger partial charge in [0.25, 0.3) is 0 Å². The van der Waals surface area contributed by atoms with Gasteiger partial charge in [0, 0.05) is 6.07 Å². The number of esters is 2. The van der Waals surface area contributed by atoms with Crippen LogP contribution >= 0.6 is 0 Å². The molecule has 0 saturated carbocycles. The zero-order valence-corrected chi connectivity index (χ0v) is 14.7. The Kier molecular flexibility index (Phi) is 7.68. The van der Waals surface area contributed by atoms with Gasteiger partial charge in [0.1, 0.15) is 5.82 Å². The van der Waals surface area contributed by atoms with Gasteiger partial charge in [-0.25, -0.2) is 4.39 Å². The fourth-order valence-corrected chi connectivity index (χ4v) is 2.28. The largest absolute Gasteiger partial charge is 0.493 e. The molecule has 1 aromatic carbocycles. The summed E-state index contributed by atoms with van der Waals surface area (Å²) in [5.74, 6) is -1.67. The topological polar surface area (TPSA) is 61.8 Å². The SMILES string of the molecule is CCCCOC(=O)C(CC)(CC)C(=O)Oc1ccc(F)cc1OC. The smallest absolute Gasteiger partial charge is 0.328 e.